The Hall–Kier alpha value is -1.09. The summed E-state index contributed by atoms with van der Waals surface area (Å²) in [6, 6.07) is 6.56. The van der Waals surface area contributed by atoms with Gasteiger partial charge in [-0.3, -0.25) is 0 Å². The van der Waals surface area contributed by atoms with Gasteiger partial charge in [0.05, 0.1) is 0 Å². The standard InChI is InChI=1S/C12H18FNO/c1-3-5-11(14-2)9-15-12-7-4-6-10(13)8-12/h4,6-8,11,14H,3,5,9H2,1-2H3. The van der Waals surface area contributed by atoms with E-state index >= 15 is 0 Å². The lowest BCUT2D eigenvalue weighted by atomic mass is 10.2. The zero-order chi connectivity index (χ0) is 11.1. The molecule has 84 valence electrons. The van der Waals surface area contributed by atoms with E-state index in [-0.39, 0.29) is 5.82 Å². The van der Waals surface area contributed by atoms with E-state index in [4.69, 9.17) is 4.74 Å². The van der Waals surface area contributed by atoms with Gasteiger partial charge in [-0.25, -0.2) is 4.39 Å². The molecular weight excluding hydrogens is 193 g/mol. The molecule has 1 atom stereocenters. The van der Waals surface area contributed by atoms with E-state index in [1.165, 1.54) is 12.1 Å². The molecular formula is C12H18FNO. The topological polar surface area (TPSA) is 21.3 Å². The Balaban J connectivity index is 2.41. The quantitative estimate of drug-likeness (QED) is 0.781. The van der Waals surface area contributed by atoms with Gasteiger partial charge in [-0.05, 0) is 25.6 Å². The second-order valence-corrected chi connectivity index (χ2v) is 3.54. The minimum Gasteiger partial charge on any atom is -0.492 e. The third kappa shape index (κ3) is 4.30. The van der Waals surface area contributed by atoms with Gasteiger partial charge in [0.2, 0.25) is 0 Å². The molecule has 0 saturated carbocycles. The SMILES string of the molecule is CCCC(COc1cccc(F)c1)NC. The molecule has 1 unspecified atom stereocenters. The maximum atomic E-state index is 12.8. The Morgan fingerprint density at radius 1 is 1.47 bits per heavy atom. The van der Waals surface area contributed by atoms with Crippen LogP contribution in [-0.4, -0.2) is 19.7 Å². The van der Waals surface area contributed by atoms with E-state index in [2.05, 4.69) is 12.2 Å². The summed E-state index contributed by atoms with van der Waals surface area (Å²) in [6.45, 7) is 2.71. The number of rotatable bonds is 6. The van der Waals surface area contributed by atoms with Crippen LogP contribution >= 0.6 is 0 Å². The summed E-state index contributed by atoms with van der Waals surface area (Å²) < 4.78 is 18.3. The van der Waals surface area contributed by atoms with Crippen LogP contribution < -0.4 is 10.1 Å². The highest BCUT2D eigenvalue weighted by Crippen LogP contribution is 2.12. The van der Waals surface area contributed by atoms with Gasteiger partial charge < -0.3 is 10.1 Å². The highest BCUT2D eigenvalue weighted by molar-refractivity contribution is 5.22. The molecule has 0 aliphatic rings. The highest BCUT2D eigenvalue weighted by atomic mass is 19.1. The first kappa shape index (κ1) is 12.0. The van der Waals surface area contributed by atoms with Crippen molar-refractivity contribution in [3.8, 4) is 5.75 Å². The molecule has 0 saturated heterocycles. The van der Waals surface area contributed by atoms with Gasteiger partial charge in [0.25, 0.3) is 0 Å². The Morgan fingerprint density at radius 2 is 2.27 bits per heavy atom. The van der Waals surface area contributed by atoms with E-state index in [0.29, 0.717) is 18.4 Å². The van der Waals surface area contributed by atoms with Crippen molar-refractivity contribution in [1.29, 1.82) is 0 Å². The van der Waals surface area contributed by atoms with Gasteiger partial charge in [-0.2, -0.15) is 0 Å². The molecule has 0 heterocycles. The predicted octanol–water partition coefficient (Wildman–Crippen LogP) is 2.59. The number of likely N-dealkylation sites (N-methyl/N-ethyl adjacent to an activating group) is 1. The van der Waals surface area contributed by atoms with Crippen molar-refractivity contribution in [1.82, 2.24) is 5.32 Å². The van der Waals surface area contributed by atoms with Crippen LogP contribution in [0.2, 0.25) is 0 Å². The molecule has 0 spiro atoms. The van der Waals surface area contributed by atoms with Gasteiger partial charge in [-0.1, -0.05) is 19.4 Å². The maximum Gasteiger partial charge on any atom is 0.126 e. The second kappa shape index (κ2) is 6.40. The van der Waals surface area contributed by atoms with E-state index in [1.807, 2.05) is 7.05 Å². The Kier molecular flexibility index (Phi) is 5.12. The van der Waals surface area contributed by atoms with Crippen LogP contribution in [0.4, 0.5) is 4.39 Å². The lowest BCUT2D eigenvalue weighted by Gasteiger charge is -2.16. The fourth-order valence-corrected chi connectivity index (χ4v) is 1.41. The van der Waals surface area contributed by atoms with Crippen LogP contribution in [-0.2, 0) is 0 Å². The zero-order valence-electron chi connectivity index (χ0n) is 9.29. The van der Waals surface area contributed by atoms with Crippen LogP contribution in [0.5, 0.6) is 5.75 Å². The van der Waals surface area contributed by atoms with Crippen LogP contribution in [0.1, 0.15) is 19.8 Å². The molecule has 1 rings (SSSR count). The van der Waals surface area contributed by atoms with Gasteiger partial charge in [0, 0.05) is 12.1 Å². The molecule has 0 aromatic heterocycles. The first-order chi connectivity index (χ1) is 7.26. The largest absolute Gasteiger partial charge is 0.492 e. The molecule has 0 aliphatic heterocycles. The third-order valence-corrected chi connectivity index (χ3v) is 2.29. The van der Waals surface area contributed by atoms with Crippen molar-refractivity contribution >= 4 is 0 Å². The lowest BCUT2D eigenvalue weighted by molar-refractivity contribution is 0.262. The summed E-state index contributed by atoms with van der Waals surface area (Å²) in [5.74, 6) is 0.329. The number of hydrogen-bond acceptors (Lipinski definition) is 2. The van der Waals surface area contributed by atoms with Crippen LogP contribution in [0.15, 0.2) is 24.3 Å². The summed E-state index contributed by atoms with van der Waals surface area (Å²) >= 11 is 0. The van der Waals surface area contributed by atoms with E-state index in [9.17, 15) is 4.39 Å². The molecule has 1 aromatic rings. The monoisotopic (exact) mass is 211 g/mol. The molecule has 1 N–H and O–H groups in total. The van der Waals surface area contributed by atoms with Crippen molar-refractivity contribution in [2.45, 2.75) is 25.8 Å². The average molecular weight is 211 g/mol. The number of benzene rings is 1. The van der Waals surface area contributed by atoms with Crippen molar-refractivity contribution in [2.75, 3.05) is 13.7 Å². The van der Waals surface area contributed by atoms with Crippen LogP contribution in [0, 0.1) is 5.82 Å². The van der Waals surface area contributed by atoms with Gasteiger partial charge in [0.1, 0.15) is 18.2 Å². The second-order valence-electron chi connectivity index (χ2n) is 3.54. The minimum atomic E-state index is -0.260. The predicted molar refractivity (Wildman–Crippen MR) is 59.7 cm³/mol. The van der Waals surface area contributed by atoms with Crippen molar-refractivity contribution in [2.24, 2.45) is 0 Å². The number of hydrogen-bond donors (Lipinski definition) is 1. The van der Waals surface area contributed by atoms with Crippen molar-refractivity contribution in [3.05, 3.63) is 30.1 Å². The summed E-state index contributed by atoms with van der Waals surface area (Å²) in [5.41, 5.74) is 0. The molecule has 1 aromatic carbocycles. The summed E-state index contributed by atoms with van der Waals surface area (Å²) in [7, 11) is 1.91. The lowest BCUT2D eigenvalue weighted by Crippen LogP contribution is -2.31. The normalized spacial score (nSPS) is 12.5. The number of halogens is 1. The molecule has 0 amide bonds. The first-order valence-electron chi connectivity index (χ1n) is 5.32. The van der Waals surface area contributed by atoms with Crippen LogP contribution in [0.25, 0.3) is 0 Å². The van der Waals surface area contributed by atoms with E-state index in [0.717, 1.165) is 12.8 Å². The van der Waals surface area contributed by atoms with E-state index in [1.54, 1.807) is 12.1 Å². The van der Waals surface area contributed by atoms with Crippen molar-refractivity contribution in [3.63, 3.8) is 0 Å². The fraction of sp³-hybridized carbons (Fsp3) is 0.500. The number of nitrogens with one attached hydrogen (secondary N) is 1. The zero-order valence-corrected chi connectivity index (χ0v) is 9.29. The summed E-state index contributed by atoms with van der Waals surface area (Å²) in [4.78, 5) is 0. The maximum absolute atomic E-state index is 12.8. The Morgan fingerprint density at radius 3 is 2.87 bits per heavy atom. The average Bonchev–Trinajstić information content (AvgIpc) is 2.24. The van der Waals surface area contributed by atoms with Crippen molar-refractivity contribution < 1.29 is 9.13 Å². The molecule has 3 heteroatoms. The molecule has 15 heavy (non-hydrogen) atoms. The Labute approximate surface area is 90.4 Å². The fourth-order valence-electron chi connectivity index (χ4n) is 1.41. The first-order valence-corrected chi connectivity index (χ1v) is 5.32. The van der Waals surface area contributed by atoms with Gasteiger partial charge in [-0.15, -0.1) is 0 Å². The van der Waals surface area contributed by atoms with Gasteiger partial charge >= 0.3 is 0 Å². The molecule has 0 aliphatic carbocycles. The molecule has 0 radical (unpaired) electrons. The summed E-state index contributed by atoms with van der Waals surface area (Å²) in [5, 5.41) is 3.17. The third-order valence-electron chi connectivity index (χ3n) is 2.29. The molecule has 2 nitrogen and oxygen atoms in total. The number of ether oxygens (including phenoxy) is 1. The molecule has 0 fully saturated rings. The minimum absolute atomic E-state index is 0.260. The van der Waals surface area contributed by atoms with Crippen LogP contribution in [0.3, 0.4) is 0 Å². The molecule has 0 bridgehead atoms. The summed E-state index contributed by atoms with van der Waals surface area (Å²) in [6.07, 6.45) is 2.17. The van der Waals surface area contributed by atoms with Gasteiger partial charge in [0.15, 0.2) is 0 Å². The smallest absolute Gasteiger partial charge is 0.126 e. The highest BCUT2D eigenvalue weighted by Gasteiger charge is 2.05. The Bertz CT molecular complexity index is 291. The van der Waals surface area contributed by atoms with E-state index < -0.39 is 0 Å².